The van der Waals surface area contributed by atoms with E-state index in [1.165, 1.54) is 0 Å². The van der Waals surface area contributed by atoms with Crippen LogP contribution < -0.4 is 10.2 Å². The highest BCUT2D eigenvalue weighted by molar-refractivity contribution is 6.71. The molecule has 4 heterocycles. The summed E-state index contributed by atoms with van der Waals surface area (Å²) in [6.07, 6.45) is -6.64. The monoisotopic (exact) mass is 731 g/mol. The normalized spacial score (nSPS) is 31.0. The molecule has 2 fully saturated rings. The Morgan fingerprint density at radius 3 is 2.48 bits per heavy atom. The van der Waals surface area contributed by atoms with Crippen molar-refractivity contribution in [2.45, 2.75) is 93.9 Å². The Labute approximate surface area is 294 Å². The molecule has 7 N–H and O–H groups in total. The molecule has 270 valence electrons. The van der Waals surface area contributed by atoms with Gasteiger partial charge in [-0.1, -0.05) is 35.9 Å². The number of halogens is 1. The van der Waals surface area contributed by atoms with Crippen LogP contribution in [0.15, 0.2) is 48.7 Å². The number of aliphatic hydroxyl groups excluding tert-OH is 5. The highest BCUT2D eigenvalue weighted by atomic mass is 35.5. The van der Waals surface area contributed by atoms with Gasteiger partial charge in [-0.15, -0.1) is 5.10 Å². The minimum Gasteiger partial charge on any atom is -0.432 e. The predicted octanol–water partition coefficient (Wildman–Crippen LogP) is 0.640. The quantitative estimate of drug-likeness (QED) is 0.143. The van der Waals surface area contributed by atoms with E-state index >= 15 is 0 Å². The molecule has 3 aliphatic heterocycles. The summed E-state index contributed by atoms with van der Waals surface area (Å²) in [7, 11) is -2.90. The number of amides is 2. The van der Waals surface area contributed by atoms with Gasteiger partial charge in [0.25, 0.3) is 11.8 Å². The fourth-order valence-electron chi connectivity index (χ4n) is 7.58. The first-order valence-corrected chi connectivity index (χ1v) is 19.9. The minimum absolute atomic E-state index is 0.0387. The van der Waals surface area contributed by atoms with Crippen molar-refractivity contribution in [3.8, 4) is 0 Å². The van der Waals surface area contributed by atoms with Crippen molar-refractivity contribution in [2.24, 2.45) is 5.92 Å². The second-order valence-corrected chi connectivity index (χ2v) is 18.2. The Kier molecular flexibility index (Phi) is 10.2. The van der Waals surface area contributed by atoms with Crippen LogP contribution in [0.3, 0.4) is 0 Å². The highest BCUT2D eigenvalue weighted by Gasteiger charge is 2.66. The van der Waals surface area contributed by atoms with Gasteiger partial charge in [-0.3, -0.25) is 14.3 Å². The average Bonchev–Trinajstić information content (AvgIpc) is 3.71. The van der Waals surface area contributed by atoms with Crippen molar-refractivity contribution in [1.82, 2.24) is 15.0 Å². The average molecular weight is 732 g/mol. The van der Waals surface area contributed by atoms with E-state index in [0.717, 1.165) is 5.56 Å². The van der Waals surface area contributed by atoms with E-state index in [-0.39, 0.29) is 24.6 Å². The van der Waals surface area contributed by atoms with Gasteiger partial charge in [-0.05, 0) is 55.4 Å². The van der Waals surface area contributed by atoms with Gasteiger partial charge in [0.1, 0.15) is 18.3 Å². The predicted molar refractivity (Wildman–Crippen MR) is 181 cm³/mol. The number of fused-ring (bicyclic) bond motifs is 2. The summed E-state index contributed by atoms with van der Waals surface area (Å²) in [4.78, 5) is 40.6. The van der Waals surface area contributed by atoms with Crippen LogP contribution in [0, 0.1) is 5.92 Å². The summed E-state index contributed by atoms with van der Waals surface area (Å²) in [6, 6.07) is 11.9. The van der Waals surface area contributed by atoms with Gasteiger partial charge in [-0.25, -0.2) is 0 Å². The van der Waals surface area contributed by atoms with Gasteiger partial charge in [0.15, 0.2) is 26.3 Å². The number of aromatic nitrogens is 3. The molecule has 1 spiro atoms. The number of nitrogens with one attached hydrogen (secondary N) is 1. The summed E-state index contributed by atoms with van der Waals surface area (Å²) in [5.41, 5.74) is 1.26. The molecule has 0 aliphatic carbocycles. The van der Waals surface area contributed by atoms with Crippen LogP contribution in [-0.4, -0.2) is 109 Å². The number of aliphatic hydroxyl groups is 5. The number of carbonyl (C=O) groups is 2. The summed E-state index contributed by atoms with van der Waals surface area (Å²) < 4.78 is 13.5. The van der Waals surface area contributed by atoms with E-state index < -0.39 is 62.6 Å². The molecule has 6 rings (SSSR count). The zero-order chi connectivity index (χ0) is 36.1. The Morgan fingerprint density at radius 1 is 1.08 bits per heavy atom. The van der Waals surface area contributed by atoms with Crippen molar-refractivity contribution < 1.29 is 49.4 Å². The maximum Gasteiger partial charge on any atom is 0.264 e. The molecule has 50 heavy (non-hydrogen) atoms. The molecular formula is C33H42ClN5O10Si. The van der Waals surface area contributed by atoms with Crippen LogP contribution in [0.5, 0.6) is 0 Å². The Bertz CT molecular complexity index is 1720. The first-order valence-electron chi connectivity index (χ1n) is 16.4. The van der Waals surface area contributed by atoms with Crippen LogP contribution in [0.25, 0.3) is 0 Å². The number of rotatable bonds is 10. The number of anilines is 2. The van der Waals surface area contributed by atoms with Crippen LogP contribution in [0.2, 0.25) is 23.7 Å². The topological polar surface area (TPSA) is 220 Å². The second-order valence-electron chi connectivity index (χ2n) is 13.8. The molecule has 0 radical (unpaired) electrons. The van der Waals surface area contributed by atoms with Crippen molar-refractivity contribution in [3.05, 3.63) is 70.5 Å². The lowest BCUT2D eigenvalue weighted by Crippen LogP contribution is -2.60. The molecule has 15 nitrogen and oxygen atoms in total. The Hall–Kier alpha value is -3.29. The fourth-order valence-corrected chi connectivity index (χ4v) is 10.4. The molecule has 9 atom stereocenters. The minimum atomic E-state index is -2.90. The molecule has 17 heteroatoms. The van der Waals surface area contributed by atoms with Crippen molar-refractivity contribution in [2.75, 3.05) is 16.8 Å². The van der Waals surface area contributed by atoms with Crippen molar-refractivity contribution in [1.29, 1.82) is 0 Å². The molecular weight excluding hydrogens is 690 g/mol. The highest BCUT2D eigenvalue weighted by Crippen LogP contribution is 2.60. The summed E-state index contributed by atoms with van der Waals surface area (Å²) >= 11 is 6.51. The number of hydrogen-bond acceptors (Lipinski definition) is 12. The third-order valence-electron chi connectivity index (χ3n) is 9.95. The summed E-state index contributed by atoms with van der Waals surface area (Å²) in [5.74, 6) is -1.51. The Balaban J connectivity index is 1.22. The first kappa shape index (κ1) is 36.5. The number of benzene rings is 2. The largest absolute Gasteiger partial charge is 0.432 e. The number of hydrogen-bond donors (Lipinski definition) is 7. The maximum atomic E-state index is 14.7. The lowest BCUT2D eigenvalue weighted by molar-refractivity contribution is -0.274. The van der Waals surface area contributed by atoms with Gasteiger partial charge in [-0.2, -0.15) is 0 Å². The molecule has 1 aromatic heterocycles. The van der Waals surface area contributed by atoms with E-state index in [0.29, 0.717) is 47.0 Å². The second kappa shape index (κ2) is 14.0. The number of carbonyl (C=O) groups excluding carboxylic acids is 2. The van der Waals surface area contributed by atoms with Crippen LogP contribution in [-0.2, 0) is 44.2 Å². The van der Waals surface area contributed by atoms with E-state index in [9.17, 15) is 39.9 Å². The molecule has 0 saturated carbocycles. The Morgan fingerprint density at radius 2 is 1.80 bits per heavy atom. The van der Waals surface area contributed by atoms with Crippen LogP contribution >= 0.6 is 11.6 Å². The standard InChI is InChI=1S/C33H42ClN5O10Si/c1-17-29(50(2,3)47)24(10-12-38-16-21(11-13-40)36-37-38)49-33(17)22-14-19(34)6-9-23(22)39(32(33)46)15-18-4-7-20(8-5-18)35-30(44)28-26(42)25(41)27(43)31(45)48-28/h4-9,14,16-17,24-29,31,40-43,45,47H,10-13,15H2,1-3H3,(H,35,44)/t17-,24+,25-,26-,27+,28-,29-,31+,33+/m0/s1. The molecule has 0 unspecified atom stereocenters. The summed E-state index contributed by atoms with van der Waals surface area (Å²) in [5, 5.41) is 60.1. The van der Waals surface area contributed by atoms with Gasteiger partial charge in [0, 0.05) is 53.5 Å². The summed E-state index contributed by atoms with van der Waals surface area (Å²) in [6.45, 7) is 6.20. The van der Waals surface area contributed by atoms with Crippen molar-refractivity contribution >= 4 is 43.1 Å². The third-order valence-corrected chi connectivity index (χ3v) is 12.7. The van der Waals surface area contributed by atoms with E-state index in [1.807, 2.05) is 20.0 Å². The van der Waals surface area contributed by atoms with E-state index in [4.69, 9.17) is 21.1 Å². The fraction of sp³-hybridized carbons (Fsp3) is 0.515. The van der Waals surface area contributed by atoms with E-state index in [1.54, 1.807) is 58.2 Å². The zero-order valence-corrected chi connectivity index (χ0v) is 29.5. The third kappa shape index (κ3) is 6.61. The zero-order valence-electron chi connectivity index (χ0n) is 27.8. The smallest absolute Gasteiger partial charge is 0.264 e. The number of aryl methyl sites for hydroxylation is 1. The first-order chi connectivity index (χ1) is 23.6. The van der Waals surface area contributed by atoms with Crippen LogP contribution in [0.4, 0.5) is 11.4 Å². The van der Waals surface area contributed by atoms with Gasteiger partial charge in [0.2, 0.25) is 0 Å². The molecule has 2 amide bonds. The lowest BCUT2D eigenvalue weighted by Gasteiger charge is -2.37. The van der Waals surface area contributed by atoms with E-state index in [2.05, 4.69) is 15.6 Å². The molecule has 0 bridgehead atoms. The molecule has 2 saturated heterocycles. The lowest BCUT2D eigenvalue weighted by atomic mass is 9.82. The van der Waals surface area contributed by atoms with Gasteiger partial charge >= 0.3 is 0 Å². The van der Waals surface area contributed by atoms with Gasteiger partial charge < -0.3 is 50.0 Å². The molecule has 3 aromatic rings. The maximum absolute atomic E-state index is 14.7. The number of nitrogens with zero attached hydrogens (tertiary/aromatic N) is 4. The van der Waals surface area contributed by atoms with Gasteiger partial charge in [0.05, 0.1) is 24.0 Å². The number of ether oxygens (including phenoxy) is 2. The molecule has 3 aliphatic rings. The van der Waals surface area contributed by atoms with Crippen LogP contribution in [0.1, 0.15) is 30.2 Å². The van der Waals surface area contributed by atoms with Crippen molar-refractivity contribution in [3.63, 3.8) is 0 Å². The SMILES string of the molecule is C[C@H]1[C@H]([Si](C)(C)O)[C@@H](CCn2cc(CCO)nn2)O[C@]12C(=O)N(Cc1ccc(NC(=O)[C@H]3O[C@@H](O)[C@H](O)[C@@H](O)[C@@H]3O)cc1)c1ccc(Cl)cc12. The molecule has 2 aromatic carbocycles.